The highest BCUT2D eigenvalue weighted by molar-refractivity contribution is 8.00. The number of ether oxygens (including phenoxy) is 1. The highest BCUT2D eigenvalue weighted by atomic mass is 35.5. The lowest BCUT2D eigenvalue weighted by molar-refractivity contribution is -0.124. The number of carbonyl (C=O) groups excluding carboxylic acids is 3. The number of nitrogens with one attached hydrogen (secondary N) is 1. The second-order valence-electron chi connectivity index (χ2n) is 5.79. The third kappa shape index (κ3) is 7.45. The Hall–Kier alpha value is -2.31. The van der Waals surface area contributed by atoms with Gasteiger partial charge in [-0.25, -0.2) is 4.79 Å². The molecule has 0 aliphatic carbocycles. The summed E-state index contributed by atoms with van der Waals surface area (Å²) >= 11 is 7.10. The number of halogens is 1. The molecular weight excluding hydrogens is 386 g/mol. The van der Waals surface area contributed by atoms with E-state index in [1.807, 2.05) is 12.1 Å². The Morgan fingerprint density at radius 3 is 2.48 bits per heavy atom. The zero-order valence-corrected chi connectivity index (χ0v) is 16.4. The zero-order valence-electron chi connectivity index (χ0n) is 14.9. The van der Waals surface area contributed by atoms with Crippen LogP contribution in [0.3, 0.4) is 0 Å². The first-order valence-electron chi connectivity index (χ1n) is 8.35. The van der Waals surface area contributed by atoms with Gasteiger partial charge in [-0.05, 0) is 43.2 Å². The minimum absolute atomic E-state index is 0.0169. The van der Waals surface area contributed by atoms with Crippen molar-refractivity contribution in [2.24, 2.45) is 0 Å². The number of esters is 1. The smallest absolute Gasteiger partial charge is 0.339 e. The van der Waals surface area contributed by atoms with Crippen molar-refractivity contribution in [3.8, 4) is 0 Å². The minimum atomic E-state index is -0.588. The van der Waals surface area contributed by atoms with Crippen molar-refractivity contribution in [1.29, 1.82) is 0 Å². The molecule has 1 amide bonds. The van der Waals surface area contributed by atoms with Gasteiger partial charge in [0.2, 0.25) is 0 Å². The molecule has 142 valence electrons. The van der Waals surface area contributed by atoms with E-state index in [0.717, 1.165) is 5.56 Å². The van der Waals surface area contributed by atoms with Crippen LogP contribution in [0.1, 0.15) is 22.8 Å². The van der Waals surface area contributed by atoms with Crippen molar-refractivity contribution in [2.45, 2.75) is 18.2 Å². The van der Waals surface area contributed by atoms with Gasteiger partial charge < -0.3 is 10.1 Å². The maximum absolute atomic E-state index is 12.2. The predicted molar refractivity (Wildman–Crippen MR) is 106 cm³/mol. The quantitative estimate of drug-likeness (QED) is 0.510. The standard InChI is InChI=1S/C20H20ClNO4S/c1-14(23)13-27-18-5-3-2-4-17(18)20(25)26-12-19(24)22-11-10-15-6-8-16(21)9-7-15/h2-9H,10-13H2,1H3,(H,22,24). The predicted octanol–water partition coefficient (Wildman–Crippen LogP) is 3.54. The number of rotatable bonds is 9. The fourth-order valence-electron chi connectivity index (χ4n) is 2.20. The van der Waals surface area contributed by atoms with Crippen molar-refractivity contribution >= 4 is 41.0 Å². The summed E-state index contributed by atoms with van der Waals surface area (Å²) in [7, 11) is 0. The van der Waals surface area contributed by atoms with E-state index in [2.05, 4.69) is 5.32 Å². The molecule has 2 aromatic carbocycles. The van der Waals surface area contributed by atoms with Gasteiger partial charge in [0, 0.05) is 16.5 Å². The Morgan fingerprint density at radius 1 is 1.07 bits per heavy atom. The normalized spacial score (nSPS) is 10.3. The molecule has 0 fully saturated rings. The number of hydrogen-bond donors (Lipinski definition) is 1. The summed E-state index contributed by atoms with van der Waals surface area (Å²) in [5.41, 5.74) is 1.39. The number of amides is 1. The van der Waals surface area contributed by atoms with E-state index >= 15 is 0 Å². The second-order valence-corrected chi connectivity index (χ2v) is 7.24. The van der Waals surface area contributed by atoms with Crippen LogP contribution < -0.4 is 5.32 Å². The molecule has 0 atom stereocenters. The molecule has 0 unspecified atom stereocenters. The molecule has 0 radical (unpaired) electrons. The lowest BCUT2D eigenvalue weighted by Gasteiger charge is -2.09. The lowest BCUT2D eigenvalue weighted by Crippen LogP contribution is -2.30. The van der Waals surface area contributed by atoms with Crippen LogP contribution in [0.25, 0.3) is 0 Å². The third-order valence-corrected chi connectivity index (χ3v) is 4.99. The van der Waals surface area contributed by atoms with Gasteiger partial charge in [0.25, 0.3) is 5.91 Å². The Bertz CT molecular complexity index is 808. The van der Waals surface area contributed by atoms with Crippen molar-refractivity contribution in [3.05, 3.63) is 64.7 Å². The average molecular weight is 406 g/mol. The maximum Gasteiger partial charge on any atom is 0.339 e. The molecule has 0 saturated heterocycles. The molecule has 0 heterocycles. The van der Waals surface area contributed by atoms with Crippen LogP contribution in [0.2, 0.25) is 5.02 Å². The molecular formula is C20H20ClNO4S. The molecule has 0 bridgehead atoms. The number of carbonyl (C=O) groups is 3. The fourth-order valence-corrected chi connectivity index (χ4v) is 3.16. The summed E-state index contributed by atoms with van der Waals surface area (Å²) in [6, 6.07) is 14.2. The van der Waals surface area contributed by atoms with E-state index in [0.29, 0.717) is 28.4 Å². The van der Waals surface area contributed by atoms with Crippen LogP contribution >= 0.6 is 23.4 Å². The van der Waals surface area contributed by atoms with Gasteiger partial charge >= 0.3 is 5.97 Å². The van der Waals surface area contributed by atoms with Gasteiger partial charge in [0.1, 0.15) is 5.78 Å². The summed E-state index contributed by atoms with van der Waals surface area (Å²) in [6.07, 6.45) is 0.654. The van der Waals surface area contributed by atoms with Crippen LogP contribution in [0, 0.1) is 0 Å². The number of hydrogen-bond acceptors (Lipinski definition) is 5. The molecule has 27 heavy (non-hydrogen) atoms. The molecule has 7 heteroatoms. The Balaban J connectivity index is 1.78. The summed E-state index contributed by atoms with van der Waals surface area (Å²) in [4.78, 5) is 35.9. The van der Waals surface area contributed by atoms with Crippen molar-refractivity contribution in [1.82, 2.24) is 5.32 Å². The second kappa shape index (κ2) is 10.7. The molecule has 5 nitrogen and oxygen atoms in total. The fraction of sp³-hybridized carbons (Fsp3) is 0.250. The summed E-state index contributed by atoms with van der Waals surface area (Å²) < 4.78 is 5.09. The van der Waals surface area contributed by atoms with Crippen molar-refractivity contribution in [3.63, 3.8) is 0 Å². The van der Waals surface area contributed by atoms with Gasteiger partial charge in [-0.15, -0.1) is 11.8 Å². The monoisotopic (exact) mass is 405 g/mol. The average Bonchev–Trinajstić information content (AvgIpc) is 2.66. The zero-order chi connectivity index (χ0) is 19.6. The molecule has 0 saturated carbocycles. The molecule has 0 aromatic heterocycles. The lowest BCUT2D eigenvalue weighted by atomic mass is 10.1. The van der Waals surface area contributed by atoms with E-state index in [9.17, 15) is 14.4 Å². The Kier molecular flexibility index (Phi) is 8.36. The highest BCUT2D eigenvalue weighted by Crippen LogP contribution is 2.23. The minimum Gasteiger partial charge on any atom is -0.452 e. The van der Waals surface area contributed by atoms with Gasteiger partial charge in [0.15, 0.2) is 6.61 Å². The van der Waals surface area contributed by atoms with Gasteiger partial charge in [-0.2, -0.15) is 0 Å². The first-order valence-corrected chi connectivity index (χ1v) is 9.71. The molecule has 1 N–H and O–H groups in total. The number of thioether (sulfide) groups is 1. The van der Waals surface area contributed by atoms with Crippen LogP contribution in [-0.2, 0) is 20.7 Å². The third-order valence-electron chi connectivity index (χ3n) is 3.52. The van der Waals surface area contributed by atoms with E-state index in [-0.39, 0.29) is 24.1 Å². The molecule has 2 rings (SSSR count). The van der Waals surface area contributed by atoms with E-state index in [1.165, 1.54) is 18.7 Å². The van der Waals surface area contributed by atoms with Crippen molar-refractivity contribution < 1.29 is 19.1 Å². The molecule has 0 aliphatic heterocycles. The number of benzene rings is 2. The van der Waals surface area contributed by atoms with Gasteiger partial charge in [-0.1, -0.05) is 35.9 Å². The molecule has 0 spiro atoms. The Labute approximate surface area is 167 Å². The van der Waals surface area contributed by atoms with E-state index < -0.39 is 5.97 Å². The largest absolute Gasteiger partial charge is 0.452 e. The highest BCUT2D eigenvalue weighted by Gasteiger charge is 2.14. The topological polar surface area (TPSA) is 72.5 Å². The summed E-state index contributed by atoms with van der Waals surface area (Å²) in [5, 5.41) is 3.37. The first-order chi connectivity index (χ1) is 13.0. The maximum atomic E-state index is 12.2. The van der Waals surface area contributed by atoms with Gasteiger partial charge in [-0.3, -0.25) is 9.59 Å². The molecule has 2 aromatic rings. The summed E-state index contributed by atoms with van der Waals surface area (Å²) in [6.45, 7) is 1.57. The number of ketones is 1. The van der Waals surface area contributed by atoms with E-state index in [1.54, 1.807) is 36.4 Å². The van der Waals surface area contributed by atoms with Crippen LogP contribution in [0.15, 0.2) is 53.4 Å². The van der Waals surface area contributed by atoms with Crippen LogP contribution in [-0.4, -0.2) is 36.6 Å². The summed E-state index contributed by atoms with van der Waals surface area (Å²) in [5.74, 6) is -0.668. The first kappa shape index (κ1) is 21.0. The van der Waals surface area contributed by atoms with Crippen LogP contribution in [0.5, 0.6) is 0 Å². The van der Waals surface area contributed by atoms with Gasteiger partial charge in [0.05, 0.1) is 11.3 Å². The van der Waals surface area contributed by atoms with E-state index in [4.69, 9.17) is 16.3 Å². The molecule has 0 aliphatic rings. The number of Topliss-reactive ketones (excluding diaryl/α,β-unsaturated/α-hetero) is 1. The van der Waals surface area contributed by atoms with Crippen molar-refractivity contribution in [2.75, 3.05) is 18.9 Å². The van der Waals surface area contributed by atoms with Crippen LogP contribution in [0.4, 0.5) is 0 Å². The Morgan fingerprint density at radius 2 is 1.78 bits per heavy atom. The SMILES string of the molecule is CC(=O)CSc1ccccc1C(=O)OCC(=O)NCCc1ccc(Cl)cc1.